The highest BCUT2D eigenvalue weighted by molar-refractivity contribution is 9.09. The Morgan fingerprint density at radius 1 is 0.742 bits per heavy atom. The van der Waals surface area contributed by atoms with Crippen molar-refractivity contribution in [3.05, 3.63) is 102 Å². The minimum Gasteiger partial charge on any atom is -0.492 e. The number of benzene rings is 3. The van der Waals surface area contributed by atoms with Crippen molar-refractivity contribution in [3.8, 4) is 5.75 Å². The van der Waals surface area contributed by atoms with Crippen LogP contribution in [0.1, 0.15) is 37.0 Å². The maximum absolute atomic E-state index is 5.87. The number of hydrogen-bond acceptors (Lipinski definition) is 2. The standard InChI is InChI=1S/C26H29NO.C2H5Br/c1-4-25(21-11-7-5-8-12-21)26(22-13-9-6-10-14-22)23-15-17-24(18-16-23)28-20-19-27(2)3;1-2-3/h5-18H,4,19-20H2,1-3H3;2H2,1H3/b26-25-;. The van der Waals surface area contributed by atoms with E-state index in [0.717, 1.165) is 24.0 Å². The fourth-order valence-electron chi connectivity index (χ4n) is 3.35. The molecule has 3 heteroatoms. The van der Waals surface area contributed by atoms with Gasteiger partial charge in [0.1, 0.15) is 12.4 Å². The van der Waals surface area contributed by atoms with Gasteiger partial charge < -0.3 is 9.64 Å². The van der Waals surface area contributed by atoms with Gasteiger partial charge in [0.25, 0.3) is 0 Å². The van der Waals surface area contributed by atoms with Gasteiger partial charge in [-0.3, -0.25) is 0 Å². The molecule has 0 saturated heterocycles. The smallest absolute Gasteiger partial charge is 0.119 e. The van der Waals surface area contributed by atoms with Crippen LogP contribution in [0.4, 0.5) is 0 Å². The van der Waals surface area contributed by atoms with Gasteiger partial charge in [0.05, 0.1) is 0 Å². The summed E-state index contributed by atoms with van der Waals surface area (Å²) in [6.45, 7) is 5.87. The number of ether oxygens (including phenoxy) is 1. The Morgan fingerprint density at radius 2 is 1.23 bits per heavy atom. The summed E-state index contributed by atoms with van der Waals surface area (Å²) in [6.07, 6.45) is 0.968. The molecular formula is C28H34BrNO. The summed E-state index contributed by atoms with van der Waals surface area (Å²) < 4.78 is 5.87. The van der Waals surface area contributed by atoms with E-state index in [1.54, 1.807) is 0 Å². The summed E-state index contributed by atoms with van der Waals surface area (Å²) in [5.41, 5.74) is 6.37. The second-order valence-electron chi connectivity index (χ2n) is 7.38. The second kappa shape index (κ2) is 13.8. The van der Waals surface area contributed by atoms with Crippen LogP contribution in [0.3, 0.4) is 0 Å². The molecule has 0 aliphatic heterocycles. The Morgan fingerprint density at radius 3 is 1.71 bits per heavy atom. The molecule has 31 heavy (non-hydrogen) atoms. The fourth-order valence-corrected chi connectivity index (χ4v) is 3.35. The molecule has 2 nitrogen and oxygen atoms in total. The molecule has 0 aliphatic carbocycles. The van der Waals surface area contributed by atoms with Crippen molar-refractivity contribution < 1.29 is 4.74 Å². The number of rotatable bonds is 8. The van der Waals surface area contributed by atoms with Crippen molar-refractivity contribution in [1.29, 1.82) is 0 Å². The molecule has 0 N–H and O–H groups in total. The molecule has 3 rings (SSSR count). The summed E-state index contributed by atoms with van der Waals surface area (Å²) in [5.74, 6) is 0.913. The van der Waals surface area contributed by atoms with Crippen molar-refractivity contribution in [3.63, 3.8) is 0 Å². The highest BCUT2D eigenvalue weighted by Crippen LogP contribution is 2.34. The lowest BCUT2D eigenvalue weighted by Gasteiger charge is -2.17. The Labute approximate surface area is 196 Å². The van der Waals surface area contributed by atoms with Gasteiger partial charge in [-0.05, 0) is 60.5 Å². The first-order valence-corrected chi connectivity index (χ1v) is 12.0. The van der Waals surface area contributed by atoms with Crippen molar-refractivity contribution in [1.82, 2.24) is 4.90 Å². The number of halogens is 1. The molecule has 0 atom stereocenters. The van der Waals surface area contributed by atoms with Crippen molar-refractivity contribution in [2.75, 3.05) is 32.6 Å². The van der Waals surface area contributed by atoms with Gasteiger partial charge in [-0.2, -0.15) is 0 Å². The average Bonchev–Trinajstić information content (AvgIpc) is 2.79. The largest absolute Gasteiger partial charge is 0.492 e. The van der Waals surface area contributed by atoms with Crippen LogP contribution in [0.15, 0.2) is 84.9 Å². The summed E-state index contributed by atoms with van der Waals surface area (Å²) in [6, 6.07) is 29.8. The zero-order valence-electron chi connectivity index (χ0n) is 19.1. The molecule has 0 spiro atoms. The normalized spacial score (nSPS) is 11.4. The highest BCUT2D eigenvalue weighted by Gasteiger charge is 2.13. The zero-order chi connectivity index (χ0) is 22.5. The number of hydrogen-bond donors (Lipinski definition) is 0. The summed E-state index contributed by atoms with van der Waals surface area (Å²) in [5, 5.41) is 1.06. The maximum Gasteiger partial charge on any atom is 0.119 e. The van der Waals surface area contributed by atoms with Crippen LogP contribution in [0, 0.1) is 0 Å². The topological polar surface area (TPSA) is 12.5 Å². The van der Waals surface area contributed by atoms with E-state index in [1.807, 2.05) is 6.92 Å². The summed E-state index contributed by atoms with van der Waals surface area (Å²) in [4.78, 5) is 2.12. The van der Waals surface area contributed by atoms with Gasteiger partial charge in [0, 0.05) is 11.9 Å². The molecule has 0 heterocycles. The Hall–Kier alpha value is -2.36. The maximum atomic E-state index is 5.87. The first-order chi connectivity index (χ1) is 15.1. The van der Waals surface area contributed by atoms with E-state index < -0.39 is 0 Å². The molecule has 0 aromatic heterocycles. The zero-order valence-corrected chi connectivity index (χ0v) is 20.7. The monoisotopic (exact) mass is 479 g/mol. The van der Waals surface area contributed by atoms with Crippen LogP contribution in [-0.4, -0.2) is 37.5 Å². The molecule has 3 aromatic carbocycles. The predicted octanol–water partition coefficient (Wildman–Crippen LogP) is 7.40. The Kier molecular flexibility index (Phi) is 11.1. The molecule has 3 aromatic rings. The minimum absolute atomic E-state index is 0.692. The first-order valence-electron chi connectivity index (χ1n) is 10.9. The molecule has 0 aliphatic rings. The average molecular weight is 480 g/mol. The quantitative estimate of drug-likeness (QED) is 0.246. The molecule has 0 radical (unpaired) electrons. The second-order valence-corrected chi connectivity index (χ2v) is 8.50. The van der Waals surface area contributed by atoms with Crippen molar-refractivity contribution in [2.45, 2.75) is 20.3 Å². The number of alkyl halides is 1. The van der Waals surface area contributed by atoms with E-state index in [0.29, 0.717) is 6.61 Å². The number of likely N-dealkylation sites (N-methyl/N-ethyl adjacent to an activating group) is 1. The lowest BCUT2D eigenvalue weighted by atomic mass is 9.88. The van der Waals surface area contributed by atoms with E-state index in [2.05, 4.69) is 127 Å². The molecule has 0 amide bonds. The van der Waals surface area contributed by atoms with Gasteiger partial charge in [0.2, 0.25) is 0 Å². The highest BCUT2D eigenvalue weighted by atomic mass is 79.9. The van der Waals surface area contributed by atoms with E-state index >= 15 is 0 Å². The van der Waals surface area contributed by atoms with Gasteiger partial charge in [-0.25, -0.2) is 0 Å². The number of nitrogens with zero attached hydrogens (tertiary/aromatic N) is 1. The molecule has 164 valence electrons. The first kappa shape index (κ1) is 24.9. The summed E-state index contributed by atoms with van der Waals surface area (Å²) in [7, 11) is 4.11. The molecule has 0 saturated carbocycles. The third-order valence-electron chi connectivity index (χ3n) is 4.79. The third kappa shape index (κ3) is 8.01. The van der Waals surface area contributed by atoms with Gasteiger partial charge in [-0.15, -0.1) is 0 Å². The molecular weight excluding hydrogens is 446 g/mol. The van der Waals surface area contributed by atoms with Crippen molar-refractivity contribution >= 4 is 27.1 Å². The third-order valence-corrected chi connectivity index (χ3v) is 4.79. The van der Waals surface area contributed by atoms with Crippen LogP contribution in [-0.2, 0) is 0 Å². The van der Waals surface area contributed by atoms with Crippen molar-refractivity contribution in [2.24, 2.45) is 0 Å². The van der Waals surface area contributed by atoms with E-state index in [9.17, 15) is 0 Å². The Bertz CT molecular complexity index is 903. The molecule has 0 fully saturated rings. The van der Waals surface area contributed by atoms with Crippen LogP contribution in [0.25, 0.3) is 11.1 Å². The lowest BCUT2D eigenvalue weighted by molar-refractivity contribution is 0.261. The van der Waals surface area contributed by atoms with Crippen LogP contribution in [0.2, 0.25) is 0 Å². The molecule has 0 unspecified atom stereocenters. The van der Waals surface area contributed by atoms with Gasteiger partial charge in [0.15, 0.2) is 0 Å². The predicted molar refractivity (Wildman–Crippen MR) is 139 cm³/mol. The molecule has 0 bridgehead atoms. The minimum atomic E-state index is 0.692. The van der Waals surface area contributed by atoms with Gasteiger partial charge >= 0.3 is 0 Å². The lowest BCUT2D eigenvalue weighted by Crippen LogP contribution is -2.19. The fraction of sp³-hybridized carbons (Fsp3) is 0.286. The van der Waals surface area contributed by atoms with Crippen LogP contribution >= 0.6 is 15.9 Å². The van der Waals surface area contributed by atoms with E-state index in [-0.39, 0.29) is 0 Å². The number of allylic oxidation sites excluding steroid dienone is 1. The van der Waals surface area contributed by atoms with Crippen LogP contribution < -0.4 is 4.74 Å². The Balaban J connectivity index is 0.00000107. The van der Waals surface area contributed by atoms with E-state index in [4.69, 9.17) is 4.74 Å². The van der Waals surface area contributed by atoms with Crippen LogP contribution in [0.5, 0.6) is 5.75 Å². The van der Waals surface area contributed by atoms with Gasteiger partial charge in [-0.1, -0.05) is 103 Å². The SMILES string of the molecule is CC/C(=C(\c1ccccc1)c1ccc(OCCN(C)C)cc1)c1ccccc1.CCBr. The van der Waals surface area contributed by atoms with E-state index in [1.165, 1.54) is 27.8 Å². The summed E-state index contributed by atoms with van der Waals surface area (Å²) >= 11 is 3.15.